The van der Waals surface area contributed by atoms with E-state index < -0.39 is 23.8 Å². The average molecular weight is 1140 g/mol. The predicted molar refractivity (Wildman–Crippen MR) is 265 cm³/mol. The van der Waals surface area contributed by atoms with Crippen molar-refractivity contribution in [2.75, 3.05) is 33.0 Å². The molecule has 0 aromatic rings. The summed E-state index contributed by atoms with van der Waals surface area (Å²) in [6, 6.07) is -0.327. The number of ether oxygens (including phenoxy) is 5. The molecule has 1 amide bonds. The summed E-state index contributed by atoms with van der Waals surface area (Å²) in [5, 5.41) is 0. The number of hydrogen-bond donors (Lipinski definition) is 0. The molecule has 0 spiro atoms. The van der Waals surface area contributed by atoms with Crippen molar-refractivity contribution < 1.29 is 78.3 Å². The van der Waals surface area contributed by atoms with Crippen LogP contribution in [-0.2, 0) is 78.3 Å². The van der Waals surface area contributed by atoms with E-state index in [-0.39, 0.29) is 83.0 Å². The van der Waals surface area contributed by atoms with Crippen LogP contribution < -0.4 is 0 Å². The smallest absolute Gasteiger partial charge is 0.306 e. The molecule has 1 heterocycles. The first-order chi connectivity index (χ1) is 32.2. The minimum absolute atomic E-state index is 0. The number of amides is 1. The summed E-state index contributed by atoms with van der Waals surface area (Å²) in [5.41, 5.74) is 0. The molecule has 0 aromatic carbocycles. The third kappa shape index (κ3) is 46.5. The summed E-state index contributed by atoms with van der Waals surface area (Å²) in [7, 11) is 0. The van der Waals surface area contributed by atoms with Gasteiger partial charge in [0.2, 0.25) is 5.91 Å². The van der Waals surface area contributed by atoms with E-state index in [1.165, 1.54) is 96.8 Å². The number of unbranched alkanes of at least 4 members (excludes halogenated alkanes) is 20. The van der Waals surface area contributed by atoms with Crippen LogP contribution in [0.3, 0.4) is 0 Å². The monoisotopic (exact) mass is 1130 g/mol. The number of carbonyl (C=O) groups is 7. The van der Waals surface area contributed by atoms with E-state index >= 15 is 0 Å². The molecule has 398 valence electrons. The number of hydrogen-bond acceptors (Lipinski definition) is 12. The summed E-state index contributed by atoms with van der Waals surface area (Å²) in [5.74, 6) is -2.75. The molecule has 0 radical (unpaired) electrons. The maximum atomic E-state index is 12.8. The van der Waals surface area contributed by atoms with E-state index in [1.54, 1.807) is 4.90 Å². The van der Waals surface area contributed by atoms with Gasteiger partial charge < -0.3 is 40.3 Å². The number of carbonyl (C=O) groups excluding carboxylic acids is 7. The van der Waals surface area contributed by atoms with Crippen LogP contribution in [0.2, 0.25) is 0 Å². The number of likely N-dealkylation sites (tertiary alicyclic amines) is 1. The van der Waals surface area contributed by atoms with E-state index in [1.807, 2.05) is 0 Å². The Kier molecular flexibility index (Phi) is 51.0. The van der Waals surface area contributed by atoms with Gasteiger partial charge in [0.05, 0.1) is 38.9 Å². The van der Waals surface area contributed by atoms with E-state index in [0.717, 1.165) is 70.6 Å². The molecule has 1 saturated heterocycles. The zero-order valence-electron chi connectivity index (χ0n) is 43.6. The van der Waals surface area contributed by atoms with Gasteiger partial charge in [-0.1, -0.05) is 156 Å². The third-order valence-corrected chi connectivity index (χ3v) is 11.6. The van der Waals surface area contributed by atoms with Crippen molar-refractivity contribution in [2.24, 2.45) is 5.92 Å². The quantitative estimate of drug-likeness (QED) is 0.0247. The number of nitrogens with zero attached hydrogens (tertiary/aromatic N) is 1. The van der Waals surface area contributed by atoms with E-state index in [0.29, 0.717) is 45.3 Å². The van der Waals surface area contributed by atoms with Crippen LogP contribution in [0.1, 0.15) is 234 Å². The Labute approximate surface area is 428 Å². The summed E-state index contributed by atoms with van der Waals surface area (Å²) < 4.78 is 25.9. The van der Waals surface area contributed by atoms with Gasteiger partial charge in [-0.3, -0.25) is 42.6 Å². The Hall–Kier alpha value is -3.21. The second-order valence-electron chi connectivity index (χ2n) is 18.0. The number of Topliss-reactive ketones (excluding diaryl/α,β-unsaturated/α-hetero) is 1. The Balaban J connectivity index is -0.00000137. The van der Waals surface area contributed by atoms with Crippen molar-refractivity contribution in [3.8, 4) is 0 Å². The summed E-state index contributed by atoms with van der Waals surface area (Å²) >= 11 is 0. The number of rotatable bonds is 39. The molecule has 0 saturated carbocycles. The van der Waals surface area contributed by atoms with E-state index in [9.17, 15) is 33.6 Å². The first-order valence-electron chi connectivity index (χ1n) is 26.3. The second-order valence-corrected chi connectivity index (χ2v) is 18.0. The van der Waals surface area contributed by atoms with Gasteiger partial charge in [0, 0.05) is 52.8 Å². The first-order valence-corrected chi connectivity index (χ1v) is 26.3. The van der Waals surface area contributed by atoms with Gasteiger partial charge in [0.15, 0.2) is 11.9 Å². The minimum Gasteiger partial charge on any atom is -0.488 e. The molecule has 0 aromatic heterocycles. The molecular formula is C54H96NO12W-3. The fourth-order valence-corrected chi connectivity index (χ4v) is 7.70. The Bertz CT molecular complexity index is 1220. The van der Waals surface area contributed by atoms with Crippen LogP contribution in [0.5, 0.6) is 0 Å². The van der Waals surface area contributed by atoms with E-state index in [4.69, 9.17) is 23.7 Å². The fourth-order valence-electron chi connectivity index (χ4n) is 7.70. The molecule has 1 aliphatic heterocycles. The molecular weight excluding hydrogens is 1040 g/mol. The van der Waals surface area contributed by atoms with Crippen molar-refractivity contribution in [1.29, 1.82) is 0 Å². The van der Waals surface area contributed by atoms with Gasteiger partial charge >= 0.3 is 17.9 Å². The molecule has 14 heteroatoms. The molecule has 1 rings (SSSR count). The maximum absolute atomic E-state index is 12.8. The van der Waals surface area contributed by atoms with Crippen molar-refractivity contribution in [3.63, 3.8) is 0 Å². The Morgan fingerprint density at radius 3 is 1.21 bits per heavy atom. The third-order valence-electron chi connectivity index (χ3n) is 11.6. The zero-order valence-corrected chi connectivity index (χ0v) is 46.5. The Morgan fingerprint density at radius 2 is 0.838 bits per heavy atom. The maximum Gasteiger partial charge on any atom is 0.306 e. The number of ketones is 1. The van der Waals surface area contributed by atoms with Gasteiger partial charge in [-0.15, -0.1) is 0 Å². The standard InChI is InChI=1S/C34H58NO8.2C10H19O2.W/c1-5-7-9-11-13-15-17-32(38)41-24-29(25-42-33(39)18-16-14-12-10-8-6-2)23-34(40)43-26-31-22-21-30(20-19-27(3)36)35(31)28(4)37;2*1-3-4-5-6-7-8-9-12-10(2)11;/h29-31H,3,5-26H2,1-2,4H3;2*2-9H2,1H3;/q3*-1;. The van der Waals surface area contributed by atoms with Gasteiger partial charge in [-0.05, 0) is 57.1 Å². The normalized spacial score (nSPS) is 13.8. The topological polar surface area (TPSA) is 169 Å². The van der Waals surface area contributed by atoms with Crippen LogP contribution in [-0.4, -0.2) is 91.6 Å². The molecule has 2 unspecified atom stereocenters. The van der Waals surface area contributed by atoms with Gasteiger partial charge in [0.1, 0.15) is 6.61 Å². The Morgan fingerprint density at radius 1 is 0.471 bits per heavy atom. The zero-order chi connectivity index (χ0) is 50.3. The van der Waals surface area contributed by atoms with Crippen LogP contribution >= 0.6 is 0 Å². The van der Waals surface area contributed by atoms with Crippen LogP contribution in [0.25, 0.3) is 0 Å². The van der Waals surface area contributed by atoms with Crippen LogP contribution in [0, 0.1) is 26.7 Å². The van der Waals surface area contributed by atoms with Crippen LogP contribution in [0.15, 0.2) is 0 Å². The molecule has 2 atom stereocenters. The SMILES string of the molecule is [CH2-]C(=O)CCC1CCC(COC(=O)CC(COC(=O)CCCCCCCC)COC(=O)CCCCCCCC)N1C(C)=O.[CH2-]C(=O)OCCCCCCCC.[CH2-]C(=O)OCCCCCCCC.[W]. The van der Waals surface area contributed by atoms with Crippen molar-refractivity contribution in [2.45, 2.75) is 246 Å². The molecule has 1 aliphatic rings. The van der Waals surface area contributed by atoms with Crippen molar-refractivity contribution in [3.05, 3.63) is 20.8 Å². The van der Waals surface area contributed by atoms with Gasteiger partial charge in [-0.2, -0.15) is 0 Å². The minimum atomic E-state index is -0.516. The van der Waals surface area contributed by atoms with Crippen molar-refractivity contribution >= 4 is 41.5 Å². The molecule has 13 nitrogen and oxygen atoms in total. The molecule has 0 aliphatic carbocycles. The summed E-state index contributed by atoms with van der Waals surface area (Å²) in [6.45, 7) is 20.9. The summed E-state index contributed by atoms with van der Waals surface area (Å²) in [6.07, 6.45) is 30.2. The number of esters is 5. The van der Waals surface area contributed by atoms with Crippen molar-refractivity contribution in [1.82, 2.24) is 4.90 Å². The fraction of sp³-hybridized carbons (Fsp3) is 0.815. The van der Waals surface area contributed by atoms with Gasteiger partial charge in [-0.25, -0.2) is 0 Å². The molecule has 0 bridgehead atoms. The molecule has 0 N–H and O–H groups in total. The largest absolute Gasteiger partial charge is 0.488 e. The van der Waals surface area contributed by atoms with Gasteiger partial charge in [0.25, 0.3) is 0 Å². The molecule has 1 fully saturated rings. The van der Waals surface area contributed by atoms with E-state index in [2.05, 4.69) is 48.5 Å². The second kappa shape index (κ2) is 50.2. The average Bonchev–Trinajstić information content (AvgIpc) is 3.71. The van der Waals surface area contributed by atoms with Crippen LogP contribution in [0.4, 0.5) is 0 Å². The molecule has 68 heavy (non-hydrogen) atoms. The first kappa shape index (κ1) is 69.1. The predicted octanol–water partition coefficient (Wildman–Crippen LogP) is 12.1. The summed E-state index contributed by atoms with van der Waals surface area (Å²) in [4.78, 5) is 83.3.